The standard InChI is InChI=1S/C14H16BN7O6/c16-4-5-27-20-10(12-18-21-22-19-12)13(23)17-9-6-7-2-1-3-8(14(24)25)11(7)28-15(9)26/h1-3,9,26H,4-6,16H2,(H,17,23)(H,24,25)(H,18,19,21,22)/t9-/m0/s1. The van der Waals surface area contributed by atoms with Gasteiger partial charge in [0, 0.05) is 6.54 Å². The van der Waals surface area contributed by atoms with Crippen molar-refractivity contribution in [3.63, 3.8) is 0 Å². The number of aromatic nitrogens is 4. The molecule has 0 saturated carbocycles. The molecular formula is C14H16BN7O6. The van der Waals surface area contributed by atoms with Gasteiger partial charge in [-0.15, -0.1) is 10.2 Å². The van der Waals surface area contributed by atoms with E-state index in [-0.39, 0.29) is 42.4 Å². The number of carboxylic acid groups (broad SMARTS) is 1. The second kappa shape index (κ2) is 8.45. The van der Waals surface area contributed by atoms with Gasteiger partial charge in [0.15, 0.2) is 0 Å². The predicted octanol–water partition coefficient (Wildman–Crippen LogP) is -2.28. The Morgan fingerprint density at radius 3 is 3.00 bits per heavy atom. The summed E-state index contributed by atoms with van der Waals surface area (Å²) < 4.78 is 5.33. The number of carbonyl (C=O) groups excluding carboxylic acids is 1. The minimum absolute atomic E-state index is 0.0614. The lowest BCUT2D eigenvalue weighted by Gasteiger charge is -2.28. The molecule has 14 heteroatoms. The Bertz CT molecular complexity index is 890. The SMILES string of the molecule is NCCON=C(C(=O)N[C@H]1Cc2cccc(C(=O)O)c2OB1O)c1nn[nH]n1. The van der Waals surface area contributed by atoms with Crippen LogP contribution in [0.2, 0.25) is 0 Å². The number of aromatic carboxylic acids is 1. The van der Waals surface area contributed by atoms with E-state index >= 15 is 0 Å². The lowest BCUT2D eigenvalue weighted by Crippen LogP contribution is -2.54. The zero-order chi connectivity index (χ0) is 20.1. The second-order valence-electron chi connectivity index (χ2n) is 5.69. The van der Waals surface area contributed by atoms with E-state index in [2.05, 4.69) is 31.1 Å². The van der Waals surface area contributed by atoms with Crippen molar-refractivity contribution in [1.82, 2.24) is 25.9 Å². The van der Waals surface area contributed by atoms with Crippen LogP contribution >= 0.6 is 0 Å². The van der Waals surface area contributed by atoms with Gasteiger partial charge in [0.1, 0.15) is 12.4 Å². The third kappa shape index (κ3) is 4.07. The first-order chi connectivity index (χ1) is 13.5. The van der Waals surface area contributed by atoms with Gasteiger partial charge in [-0.05, 0) is 23.3 Å². The number of amides is 1. The number of carbonyl (C=O) groups is 2. The summed E-state index contributed by atoms with van der Waals surface area (Å²) in [7, 11) is -1.48. The molecule has 0 radical (unpaired) electrons. The van der Waals surface area contributed by atoms with E-state index in [4.69, 9.17) is 15.2 Å². The average Bonchev–Trinajstić information content (AvgIpc) is 3.19. The van der Waals surface area contributed by atoms with E-state index in [1.807, 2.05) is 0 Å². The number of para-hydroxylation sites is 1. The minimum atomic E-state index is -1.48. The first kappa shape index (κ1) is 19.3. The molecule has 2 heterocycles. The van der Waals surface area contributed by atoms with Crippen LogP contribution in [0.25, 0.3) is 0 Å². The van der Waals surface area contributed by atoms with Crippen LogP contribution in [0, 0.1) is 0 Å². The van der Waals surface area contributed by atoms with Crippen LogP contribution in [-0.2, 0) is 16.1 Å². The summed E-state index contributed by atoms with van der Waals surface area (Å²) >= 11 is 0. The van der Waals surface area contributed by atoms with E-state index in [0.717, 1.165) is 0 Å². The van der Waals surface area contributed by atoms with Crippen LogP contribution in [0.5, 0.6) is 5.75 Å². The summed E-state index contributed by atoms with van der Waals surface area (Å²) in [6.45, 7) is 0.248. The molecule has 0 bridgehead atoms. The predicted molar refractivity (Wildman–Crippen MR) is 93.4 cm³/mol. The van der Waals surface area contributed by atoms with E-state index in [0.29, 0.717) is 5.56 Å². The minimum Gasteiger partial charge on any atom is -0.534 e. The van der Waals surface area contributed by atoms with Crippen molar-refractivity contribution in [2.24, 2.45) is 10.9 Å². The van der Waals surface area contributed by atoms with Gasteiger partial charge in [0.2, 0.25) is 11.5 Å². The fourth-order valence-corrected chi connectivity index (χ4v) is 2.56. The van der Waals surface area contributed by atoms with Crippen molar-refractivity contribution in [2.75, 3.05) is 13.2 Å². The van der Waals surface area contributed by atoms with Gasteiger partial charge in [0.05, 0.1) is 11.5 Å². The normalized spacial score (nSPS) is 16.1. The molecule has 28 heavy (non-hydrogen) atoms. The lowest BCUT2D eigenvalue weighted by molar-refractivity contribution is -0.115. The number of rotatable bonds is 7. The molecule has 1 aliphatic heterocycles. The van der Waals surface area contributed by atoms with Crippen molar-refractivity contribution in [2.45, 2.75) is 12.4 Å². The molecule has 1 aliphatic rings. The van der Waals surface area contributed by atoms with Crippen LogP contribution in [0.15, 0.2) is 23.4 Å². The molecule has 3 rings (SSSR count). The number of oxime groups is 1. The summed E-state index contributed by atoms with van der Waals surface area (Å²) in [6, 6.07) is 4.56. The molecule has 0 unspecified atom stereocenters. The Balaban J connectivity index is 1.79. The van der Waals surface area contributed by atoms with Crippen molar-refractivity contribution in [3.05, 3.63) is 35.2 Å². The van der Waals surface area contributed by atoms with Crippen molar-refractivity contribution in [1.29, 1.82) is 0 Å². The number of nitrogens with one attached hydrogen (secondary N) is 2. The fraction of sp³-hybridized carbons (Fsp3) is 0.286. The van der Waals surface area contributed by atoms with E-state index in [1.54, 1.807) is 12.1 Å². The summed E-state index contributed by atoms with van der Waals surface area (Å²) in [5.74, 6) is -2.87. The number of carboxylic acids is 1. The number of nitrogens with zero attached hydrogens (tertiary/aromatic N) is 4. The van der Waals surface area contributed by atoms with Gasteiger partial charge >= 0.3 is 13.1 Å². The highest BCUT2D eigenvalue weighted by atomic mass is 16.6. The van der Waals surface area contributed by atoms with Crippen molar-refractivity contribution >= 4 is 24.7 Å². The van der Waals surface area contributed by atoms with Gasteiger partial charge in [-0.25, -0.2) is 4.79 Å². The highest BCUT2D eigenvalue weighted by Gasteiger charge is 2.38. The zero-order valence-corrected chi connectivity index (χ0v) is 14.4. The molecule has 1 aromatic heterocycles. The molecule has 13 nitrogen and oxygen atoms in total. The van der Waals surface area contributed by atoms with Gasteiger partial charge in [-0.2, -0.15) is 5.21 Å². The van der Waals surface area contributed by atoms with Crippen LogP contribution in [-0.4, -0.2) is 74.6 Å². The van der Waals surface area contributed by atoms with Crippen LogP contribution < -0.4 is 15.7 Å². The number of H-pyrrole nitrogens is 1. The number of nitrogens with two attached hydrogens (primary N) is 1. The Kier molecular flexibility index (Phi) is 5.81. The molecule has 1 amide bonds. The van der Waals surface area contributed by atoms with Crippen molar-refractivity contribution < 1.29 is 29.2 Å². The third-order valence-electron chi connectivity index (χ3n) is 3.80. The quantitative estimate of drug-likeness (QED) is 0.149. The Morgan fingerprint density at radius 1 is 1.50 bits per heavy atom. The summed E-state index contributed by atoms with van der Waals surface area (Å²) in [4.78, 5) is 28.8. The molecule has 1 atom stereocenters. The number of hydrogen-bond donors (Lipinski definition) is 5. The molecular weight excluding hydrogens is 373 g/mol. The van der Waals surface area contributed by atoms with Crippen LogP contribution in [0.1, 0.15) is 21.7 Å². The molecule has 6 N–H and O–H groups in total. The fourth-order valence-electron chi connectivity index (χ4n) is 2.56. The first-order valence-corrected chi connectivity index (χ1v) is 8.16. The molecule has 0 spiro atoms. The van der Waals surface area contributed by atoms with Gasteiger partial charge in [0.25, 0.3) is 5.91 Å². The summed E-state index contributed by atoms with van der Waals surface area (Å²) in [5.41, 5.74) is 5.48. The maximum atomic E-state index is 12.6. The smallest absolute Gasteiger partial charge is 0.534 e. The monoisotopic (exact) mass is 389 g/mol. The van der Waals surface area contributed by atoms with E-state index < -0.39 is 24.9 Å². The summed E-state index contributed by atoms with van der Waals surface area (Å²) in [6.07, 6.45) is 0.131. The molecule has 146 valence electrons. The number of hydrogen-bond acceptors (Lipinski definition) is 10. The zero-order valence-electron chi connectivity index (χ0n) is 14.4. The highest BCUT2D eigenvalue weighted by molar-refractivity contribution is 6.50. The largest absolute Gasteiger partial charge is 0.547 e. The van der Waals surface area contributed by atoms with Crippen molar-refractivity contribution in [3.8, 4) is 5.75 Å². The highest BCUT2D eigenvalue weighted by Crippen LogP contribution is 2.30. The average molecular weight is 389 g/mol. The van der Waals surface area contributed by atoms with Gasteiger partial charge < -0.3 is 30.7 Å². The third-order valence-corrected chi connectivity index (χ3v) is 3.80. The van der Waals surface area contributed by atoms with Crippen LogP contribution in [0.3, 0.4) is 0 Å². The first-order valence-electron chi connectivity index (χ1n) is 8.16. The molecule has 2 aromatic rings. The number of tetrazole rings is 1. The maximum absolute atomic E-state index is 12.6. The number of benzene rings is 1. The Morgan fingerprint density at radius 2 is 2.32 bits per heavy atom. The molecule has 0 saturated heterocycles. The van der Waals surface area contributed by atoms with Crippen LogP contribution in [0.4, 0.5) is 0 Å². The Labute approximate surface area is 158 Å². The summed E-state index contributed by atoms with van der Waals surface area (Å²) in [5, 5.41) is 38.6. The van der Waals surface area contributed by atoms with Gasteiger partial charge in [-0.3, -0.25) is 4.79 Å². The topological polar surface area (TPSA) is 198 Å². The van der Waals surface area contributed by atoms with E-state index in [1.165, 1.54) is 6.07 Å². The molecule has 0 fully saturated rings. The number of aromatic amines is 1. The molecule has 1 aromatic carbocycles. The van der Waals surface area contributed by atoms with E-state index in [9.17, 15) is 19.7 Å². The van der Waals surface area contributed by atoms with Gasteiger partial charge in [-0.1, -0.05) is 17.3 Å². The molecule has 0 aliphatic carbocycles. The lowest BCUT2D eigenvalue weighted by atomic mass is 9.72. The number of fused-ring (bicyclic) bond motifs is 1. The maximum Gasteiger partial charge on any atom is 0.547 e. The second-order valence-corrected chi connectivity index (χ2v) is 5.69. The Hall–Kier alpha value is -3.52.